The van der Waals surface area contributed by atoms with Crippen molar-refractivity contribution in [3.63, 3.8) is 0 Å². The Morgan fingerprint density at radius 3 is 2.28 bits per heavy atom. The third-order valence-corrected chi connectivity index (χ3v) is 15.0. The molecule has 1 amide bonds. The molecule has 4 aromatic carbocycles. The molecule has 1 fully saturated rings. The average molecular weight is 927 g/mol. The molecule has 9 nitrogen and oxygen atoms in total. The lowest BCUT2D eigenvalue weighted by molar-refractivity contribution is -0.258. The predicted octanol–water partition coefficient (Wildman–Crippen LogP) is 13.5. The maximum atomic E-state index is 15.4. The minimum Gasteiger partial charge on any atom is -0.459 e. The van der Waals surface area contributed by atoms with Gasteiger partial charge in [0.05, 0.1) is 18.2 Å². The zero-order chi connectivity index (χ0) is 47.9. The van der Waals surface area contributed by atoms with Gasteiger partial charge in [-0.3, -0.25) is 4.79 Å². The largest absolute Gasteiger partial charge is 0.459 e. The summed E-state index contributed by atoms with van der Waals surface area (Å²) in [6.45, 7) is 11.4. The number of nitrogens with zero attached hydrogens (tertiary/aromatic N) is 2. The molecule has 0 bridgehead atoms. The number of carbonyl (C=O) groups excluding carboxylic acids is 1. The molecule has 1 aliphatic heterocycles. The van der Waals surface area contributed by atoms with Gasteiger partial charge < -0.3 is 34.2 Å². The van der Waals surface area contributed by atoms with E-state index < -0.39 is 17.7 Å². The highest BCUT2D eigenvalue weighted by Crippen LogP contribution is 2.62. The maximum absolute atomic E-state index is 15.4. The topological polar surface area (TPSA) is 110 Å². The summed E-state index contributed by atoms with van der Waals surface area (Å²) in [6, 6.07) is 26.5. The van der Waals surface area contributed by atoms with Crippen molar-refractivity contribution in [2.75, 3.05) is 26.9 Å². The van der Waals surface area contributed by atoms with Crippen LogP contribution < -0.4 is 9.47 Å². The van der Waals surface area contributed by atoms with E-state index in [2.05, 4.69) is 99.0 Å². The lowest BCUT2D eigenvalue weighted by Gasteiger charge is -2.60. The molecular formula is C59H78N2O7. The van der Waals surface area contributed by atoms with Crippen molar-refractivity contribution < 1.29 is 34.1 Å². The first-order valence-electron chi connectivity index (χ1n) is 25.9. The number of hydrogen-bond donors (Lipinski definition) is 2. The Morgan fingerprint density at radius 1 is 0.838 bits per heavy atom. The number of ether oxygens (including phenoxy) is 3. The number of amides is 1. The molecule has 7 rings (SSSR count). The normalized spacial score (nSPS) is 22.2. The van der Waals surface area contributed by atoms with Gasteiger partial charge in [-0.15, -0.1) is 6.58 Å². The molecule has 2 aliphatic carbocycles. The molecule has 68 heavy (non-hydrogen) atoms. The van der Waals surface area contributed by atoms with Gasteiger partial charge >= 0.3 is 0 Å². The van der Waals surface area contributed by atoms with Crippen molar-refractivity contribution in [2.45, 2.75) is 154 Å². The van der Waals surface area contributed by atoms with Crippen molar-refractivity contribution in [3.8, 4) is 17.2 Å². The Kier molecular flexibility index (Phi) is 18.8. The van der Waals surface area contributed by atoms with E-state index >= 15 is 4.79 Å². The summed E-state index contributed by atoms with van der Waals surface area (Å²) in [6.07, 6.45) is 20.3. The second-order valence-corrected chi connectivity index (χ2v) is 19.5. The fraction of sp³-hybridized carbons (Fsp3) is 0.525. The highest BCUT2D eigenvalue weighted by Gasteiger charge is 2.65. The van der Waals surface area contributed by atoms with E-state index in [9.17, 15) is 10.2 Å². The van der Waals surface area contributed by atoms with Crippen molar-refractivity contribution in [3.05, 3.63) is 125 Å². The van der Waals surface area contributed by atoms with Gasteiger partial charge in [0.2, 0.25) is 11.7 Å². The second-order valence-electron chi connectivity index (χ2n) is 19.5. The van der Waals surface area contributed by atoms with Crippen LogP contribution in [0.4, 0.5) is 0 Å². The smallest absolute Gasteiger partial charge is 0.239 e. The lowest BCUT2D eigenvalue weighted by atomic mass is 9.55. The van der Waals surface area contributed by atoms with E-state index in [0.717, 1.165) is 89.4 Å². The standard InChI is InChI=1S/C59H78N2O7/c1-6-8-9-10-11-12-13-14-15-29-56(64)61(41-46-26-22-25-44-23-16-17-27-49(44)46)55-40-53(60-65-5)51-38-45(24-18-20-34-62)50(28-19-21-35-63)57-52-39-48(67-47-31-30-42(3)43(4)37-47)32-33-54(52)68-59(55,58(51)57)66-36-7-2/h7,16-17,22-23,25-27,30-33,37-39,45,50,55,57-58,62-63H,2,6,8-15,18-21,24,28-29,34-36,40-41H2,1,3-5H3/t45-,50+,55-,57+,58+,59+/m0/s1. The van der Waals surface area contributed by atoms with Gasteiger partial charge in [-0.25, -0.2) is 0 Å². The van der Waals surface area contributed by atoms with Gasteiger partial charge in [0, 0.05) is 44.1 Å². The van der Waals surface area contributed by atoms with Crippen molar-refractivity contribution in [2.24, 2.45) is 22.9 Å². The zero-order valence-electron chi connectivity index (χ0n) is 41.4. The number of allylic oxidation sites excluding steroid dienone is 1. The summed E-state index contributed by atoms with van der Waals surface area (Å²) < 4.78 is 21.5. The molecule has 1 heterocycles. The number of aliphatic hydroxyl groups excluding tert-OH is 2. The van der Waals surface area contributed by atoms with Crippen LogP contribution in [0.15, 0.2) is 108 Å². The zero-order valence-corrected chi connectivity index (χ0v) is 41.4. The van der Waals surface area contributed by atoms with Crippen LogP contribution in [0.2, 0.25) is 0 Å². The molecule has 0 saturated heterocycles. The summed E-state index contributed by atoms with van der Waals surface area (Å²) in [5, 5.41) is 27.1. The highest BCUT2D eigenvalue weighted by molar-refractivity contribution is 6.03. The van der Waals surface area contributed by atoms with E-state index in [1.165, 1.54) is 44.1 Å². The summed E-state index contributed by atoms with van der Waals surface area (Å²) in [5.41, 5.74) is 6.26. The highest BCUT2D eigenvalue weighted by atomic mass is 16.7. The minimum atomic E-state index is -1.34. The van der Waals surface area contributed by atoms with Crippen LogP contribution in [0, 0.1) is 31.6 Å². The molecule has 366 valence electrons. The fourth-order valence-corrected chi connectivity index (χ4v) is 11.5. The number of hydrogen-bond acceptors (Lipinski definition) is 8. The summed E-state index contributed by atoms with van der Waals surface area (Å²) >= 11 is 0. The number of aryl methyl sites for hydroxylation is 2. The van der Waals surface area contributed by atoms with Crippen LogP contribution in [-0.2, 0) is 20.9 Å². The molecule has 1 saturated carbocycles. The molecule has 4 aromatic rings. The van der Waals surface area contributed by atoms with Gasteiger partial charge in [0.15, 0.2) is 0 Å². The number of carbonyl (C=O) groups is 1. The van der Waals surface area contributed by atoms with Crippen LogP contribution >= 0.6 is 0 Å². The molecule has 0 unspecified atom stereocenters. The average Bonchev–Trinajstić information content (AvgIpc) is 3.34. The lowest BCUT2D eigenvalue weighted by Crippen LogP contribution is -2.70. The number of benzene rings is 4. The number of fused-ring (bicyclic) bond motifs is 3. The summed E-state index contributed by atoms with van der Waals surface area (Å²) in [5.74, 6) is 0.588. The van der Waals surface area contributed by atoms with E-state index in [1.54, 1.807) is 13.2 Å². The van der Waals surface area contributed by atoms with Gasteiger partial charge in [-0.05, 0) is 121 Å². The maximum Gasteiger partial charge on any atom is 0.239 e. The number of aliphatic hydroxyl groups is 2. The molecule has 0 spiro atoms. The van der Waals surface area contributed by atoms with Crippen molar-refractivity contribution >= 4 is 22.4 Å². The van der Waals surface area contributed by atoms with E-state index in [4.69, 9.17) is 24.2 Å². The Morgan fingerprint density at radius 2 is 1.54 bits per heavy atom. The second kappa shape index (κ2) is 25.1. The SMILES string of the molecule is C=CCO[C@@]12Oc3ccc(Oc4ccc(C)c(C)c4)cc3[C@H]3[C@H](CCCCO)[C@@H](CCCCO)C=C(C(=NOC)C[C@@H]1N(Cc1cccc4ccccc14)C(=O)CCCCCCCCCCC)[C@H]32. The number of rotatable bonds is 27. The van der Waals surface area contributed by atoms with E-state index in [0.29, 0.717) is 43.7 Å². The van der Waals surface area contributed by atoms with Crippen molar-refractivity contribution in [1.82, 2.24) is 4.90 Å². The monoisotopic (exact) mass is 927 g/mol. The summed E-state index contributed by atoms with van der Waals surface area (Å²) in [4.78, 5) is 23.2. The Labute approximate surface area is 406 Å². The molecule has 6 atom stereocenters. The molecule has 3 aliphatic rings. The Balaban J connectivity index is 1.37. The van der Waals surface area contributed by atoms with Gasteiger partial charge in [-0.2, -0.15) is 0 Å². The van der Waals surface area contributed by atoms with Crippen molar-refractivity contribution in [1.29, 1.82) is 0 Å². The molecular weight excluding hydrogens is 849 g/mol. The minimum absolute atomic E-state index is 0.0666. The first-order valence-corrected chi connectivity index (χ1v) is 25.9. The molecule has 0 aromatic heterocycles. The van der Waals surface area contributed by atoms with Crippen LogP contribution in [0.3, 0.4) is 0 Å². The molecule has 0 radical (unpaired) electrons. The van der Waals surface area contributed by atoms with E-state index in [1.807, 2.05) is 18.2 Å². The predicted molar refractivity (Wildman–Crippen MR) is 274 cm³/mol. The van der Waals surface area contributed by atoms with Gasteiger partial charge in [0.25, 0.3) is 0 Å². The van der Waals surface area contributed by atoms with Gasteiger partial charge in [0.1, 0.15) is 30.4 Å². The molecule has 2 N–H and O–H groups in total. The quantitative estimate of drug-likeness (QED) is 0.0348. The van der Waals surface area contributed by atoms with Gasteiger partial charge in [-0.1, -0.05) is 137 Å². The summed E-state index contributed by atoms with van der Waals surface area (Å²) in [7, 11) is 1.60. The van der Waals surface area contributed by atoms with Crippen LogP contribution in [0.1, 0.15) is 144 Å². The fourth-order valence-electron chi connectivity index (χ4n) is 11.5. The van der Waals surface area contributed by atoms with Crippen LogP contribution in [-0.4, -0.2) is 65.5 Å². The first-order chi connectivity index (χ1) is 33.3. The third-order valence-electron chi connectivity index (χ3n) is 15.0. The third kappa shape index (κ3) is 11.9. The first kappa shape index (κ1) is 50.9. The Hall–Kier alpha value is -4.96. The molecule has 9 heteroatoms. The van der Waals surface area contributed by atoms with E-state index in [-0.39, 0.29) is 43.5 Å². The number of oxime groups is 1. The number of unbranched alkanes of at least 4 members (excludes halogenated alkanes) is 10. The van der Waals surface area contributed by atoms with Crippen LogP contribution in [0.25, 0.3) is 10.8 Å². The van der Waals surface area contributed by atoms with Crippen LogP contribution in [0.5, 0.6) is 17.2 Å². The Bertz CT molecular complexity index is 2330.